The Labute approximate surface area is 120 Å². The number of hydrogen-bond donors (Lipinski definition) is 1. The maximum absolute atomic E-state index is 11.1. The Balaban J connectivity index is 2.43. The number of non-ortho nitro benzene ring substituents is 1. The number of nitro groups is 1. The summed E-state index contributed by atoms with van der Waals surface area (Å²) in [5.41, 5.74) is 1.25. The van der Waals surface area contributed by atoms with E-state index in [-0.39, 0.29) is 11.3 Å². The zero-order valence-corrected chi connectivity index (χ0v) is 11.5. The van der Waals surface area contributed by atoms with Crippen LogP contribution in [0.5, 0.6) is 11.5 Å². The first-order chi connectivity index (χ1) is 9.90. The fourth-order valence-electron chi connectivity index (χ4n) is 1.89. The second kappa shape index (κ2) is 5.62. The number of aryl methyl sites for hydroxylation is 1. The lowest BCUT2D eigenvalue weighted by Crippen LogP contribution is -2.01. The van der Waals surface area contributed by atoms with Crippen molar-refractivity contribution in [1.82, 2.24) is 0 Å². The van der Waals surface area contributed by atoms with E-state index in [9.17, 15) is 14.9 Å². The van der Waals surface area contributed by atoms with Gasteiger partial charge in [-0.3, -0.25) is 10.1 Å². The van der Waals surface area contributed by atoms with E-state index >= 15 is 0 Å². The molecular formula is C15H13NO5. The van der Waals surface area contributed by atoms with Crippen LogP contribution in [0.25, 0.3) is 0 Å². The smallest absolute Gasteiger partial charge is 0.336 e. The largest absolute Gasteiger partial charge is 0.478 e. The average Bonchev–Trinajstić information content (AvgIpc) is 2.42. The van der Waals surface area contributed by atoms with E-state index in [2.05, 4.69) is 0 Å². The Morgan fingerprint density at radius 1 is 1.19 bits per heavy atom. The van der Waals surface area contributed by atoms with Crippen LogP contribution in [0.4, 0.5) is 5.69 Å². The van der Waals surface area contributed by atoms with Crippen molar-refractivity contribution in [2.45, 2.75) is 13.8 Å². The van der Waals surface area contributed by atoms with Crippen LogP contribution >= 0.6 is 0 Å². The molecule has 1 N–H and O–H groups in total. The molecule has 0 fully saturated rings. The van der Waals surface area contributed by atoms with E-state index in [4.69, 9.17) is 9.84 Å². The molecule has 0 aliphatic carbocycles. The van der Waals surface area contributed by atoms with Gasteiger partial charge in [-0.25, -0.2) is 4.79 Å². The van der Waals surface area contributed by atoms with Gasteiger partial charge in [0, 0.05) is 11.6 Å². The number of rotatable bonds is 4. The standard InChI is InChI=1S/C15H13NO5/c1-9-6-7-11(16(19)20)8-14(9)21-13-5-3-4-12(10(13)2)15(17)18/h3-8H,1-2H3,(H,17,18). The zero-order chi connectivity index (χ0) is 15.6. The quantitative estimate of drug-likeness (QED) is 0.684. The van der Waals surface area contributed by atoms with Gasteiger partial charge >= 0.3 is 5.97 Å². The summed E-state index contributed by atoms with van der Waals surface area (Å²) in [6.45, 7) is 3.39. The number of nitro benzene ring substituents is 1. The summed E-state index contributed by atoms with van der Waals surface area (Å²) < 4.78 is 5.65. The summed E-state index contributed by atoms with van der Waals surface area (Å²) in [6.07, 6.45) is 0. The van der Waals surface area contributed by atoms with Crippen LogP contribution in [-0.2, 0) is 0 Å². The minimum atomic E-state index is -1.05. The number of nitrogens with zero attached hydrogens (tertiary/aromatic N) is 1. The van der Waals surface area contributed by atoms with Gasteiger partial charge < -0.3 is 9.84 Å². The van der Waals surface area contributed by atoms with E-state index < -0.39 is 10.9 Å². The van der Waals surface area contributed by atoms with E-state index in [0.29, 0.717) is 17.1 Å². The van der Waals surface area contributed by atoms with Crippen LogP contribution in [0.2, 0.25) is 0 Å². The number of ether oxygens (including phenoxy) is 1. The average molecular weight is 287 g/mol. The second-order valence-corrected chi connectivity index (χ2v) is 4.54. The fourth-order valence-corrected chi connectivity index (χ4v) is 1.89. The van der Waals surface area contributed by atoms with Gasteiger partial charge in [0.05, 0.1) is 16.6 Å². The first-order valence-electron chi connectivity index (χ1n) is 6.16. The highest BCUT2D eigenvalue weighted by Gasteiger charge is 2.14. The first-order valence-corrected chi connectivity index (χ1v) is 6.16. The van der Waals surface area contributed by atoms with Crippen molar-refractivity contribution < 1.29 is 19.6 Å². The highest BCUT2D eigenvalue weighted by Crippen LogP contribution is 2.31. The molecule has 0 spiro atoms. The lowest BCUT2D eigenvalue weighted by atomic mass is 10.1. The lowest BCUT2D eigenvalue weighted by molar-refractivity contribution is -0.384. The number of hydrogen-bond acceptors (Lipinski definition) is 4. The summed E-state index contributed by atoms with van der Waals surface area (Å²) >= 11 is 0. The third-order valence-corrected chi connectivity index (χ3v) is 3.12. The van der Waals surface area contributed by atoms with Crippen molar-refractivity contribution >= 4 is 11.7 Å². The molecule has 6 nitrogen and oxygen atoms in total. The van der Waals surface area contributed by atoms with Crippen LogP contribution in [0, 0.1) is 24.0 Å². The Morgan fingerprint density at radius 3 is 2.52 bits per heavy atom. The molecule has 0 aliphatic rings. The van der Waals surface area contributed by atoms with E-state index in [1.807, 2.05) is 0 Å². The highest BCUT2D eigenvalue weighted by molar-refractivity contribution is 5.90. The maximum atomic E-state index is 11.1. The molecule has 0 atom stereocenters. The summed E-state index contributed by atoms with van der Waals surface area (Å²) in [7, 11) is 0. The van der Waals surface area contributed by atoms with Crippen molar-refractivity contribution in [3.8, 4) is 11.5 Å². The topological polar surface area (TPSA) is 89.7 Å². The molecule has 0 unspecified atom stereocenters. The molecule has 108 valence electrons. The van der Waals surface area contributed by atoms with Gasteiger partial charge in [0.2, 0.25) is 0 Å². The van der Waals surface area contributed by atoms with E-state index in [0.717, 1.165) is 5.56 Å². The Kier molecular flexibility index (Phi) is 3.89. The third kappa shape index (κ3) is 3.00. The molecule has 0 aromatic heterocycles. The van der Waals surface area contributed by atoms with E-state index in [1.54, 1.807) is 32.0 Å². The monoisotopic (exact) mass is 287 g/mol. The summed E-state index contributed by atoms with van der Waals surface area (Å²) in [5.74, 6) is -0.359. The van der Waals surface area contributed by atoms with Crippen molar-refractivity contribution in [2.75, 3.05) is 0 Å². The summed E-state index contributed by atoms with van der Waals surface area (Å²) in [4.78, 5) is 21.4. The molecule has 6 heteroatoms. The van der Waals surface area contributed by atoms with Gasteiger partial charge in [0.15, 0.2) is 0 Å². The predicted molar refractivity (Wildman–Crippen MR) is 76.0 cm³/mol. The van der Waals surface area contributed by atoms with Crippen LogP contribution in [0.1, 0.15) is 21.5 Å². The van der Waals surface area contributed by atoms with Crippen LogP contribution in [-0.4, -0.2) is 16.0 Å². The Hall–Kier alpha value is -2.89. The maximum Gasteiger partial charge on any atom is 0.336 e. The number of carbonyl (C=O) groups is 1. The van der Waals surface area contributed by atoms with Gasteiger partial charge in [-0.05, 0) is 37.6 Å². The molecule has 0 aliphatic heterocycles. The Morgan fingerprint density at radius 2 is 1.90 bits per heavy atom. The predicted octanol–water partition coefficient (Wildman–Crippen LogP) is 3.70. The lowest BCUT2D eigenvalue weighted by Gasteiger charge is -2.12. The summed E-state index contributed by atoms with van der Waals surface area (Å²) in [5, 5.41) is 19.9. The number of benzene rings is 2. The molecule has 0 saturated carbocycles. The van der Waals surface area contributed by atoms with E-state index in [1.165, 1.54) is 18.2 Å². The molecule has 0 saturated heterocycles. The molecule has 2 aromatic carbocycles. The normalized spacial score (nSPS) is 10.2. The van der Waals surface area contributed by atoms with Gasteiger partial charge in [0.25, 0.3) is 5.69 Å². The van der Waals surface area contributed by atoms with Crippen LogP contribution in [0.3, 0.4) is 0 Å². The highest BCUT2D eigenvalue weighted by atomic mass is 16.6. The minimum absolute atomic E-state index is 0.0809. The molecule has 0 heterocycles. The van der Waals surface area contributed by atoms with Gasteiger partial charge in [-0.15, -0.1) is 0 Å². The minimum Gasteiger partial charge on any atom is -0.478 e. The molecule has 0 bridgehead atoms. The van der Waals surface area contributed by atoms with Crippen molar-refractivity contribution in [3.63, 3.8) is 0 Å². The molecule has 2 rings (SSSR count). The molecule has 21 heavy (non-hydrogen) atoms. The molecule has 2 aromatic rings. The van der Waals surface area contributed by atoms with Crippen LogP contribution < -0.4 is 4.74 Å². The SMILES string of the molecule is Cc1ccc([N+](=O)[O-])cc1Oc1cccc(C(=O)O)c1C. The fraction of sp³-hybridized carbons (Fsp3) is 0.133. The Bertz CT molecular complexity index is 724. The molecular weight excluding hydrogens is 274 g/mol. The van der Waals surface area contributed by atoms with Crippen LogP contribution in [0.15, 0.2) is 36.4 Å². The zero-order valence-electron chi connectivity index (χ0n) is 11.5. The summed E-state index contributed by atoms with van der Waals surface area (Å²) in [6, 6.07) is 8.97. The third-order valence-electron chi connectivity index (χ3n) is 3.12. The van der Waals surface area contributed by atoms with Crippen molar-refractivity contribution in [2.24, 2.45) is 0 Å². The van der Waals surface area contributed by atoms with Gasteiger partial charge in [0.1, 0.15) is 11.5 Å². The molecule has 0 radical (unpaired) electrons. The van der Waals surface area contributed by atoms with Crippen molar-refractivity contribution in [1.29, 1.82) is 0 Å². The van der Waals surface area contributed by atoms with Crippen molar-refractivity contribution in [3.05, 3.63) is 63.2 Å². The number of aromatic carboxylic acids is 1. The van der Waals surface area contributed by atoms with Gasteiger partial charge in [-0.1, -0.05) is 6.07 Å². The van der Waals surface area contributed by atoms with Gasteiger partial charge in [-0.2, -0.15) is 0 Å². The first kappa shape index (κ1) is 14.5. The molecule has 0 amide bonds. The number of carboxylic acids is 1. The number of carboxylic acid groups (broad SMARTS) is 1. The second-order valence-electron chi connectivity index (χ2n) is 4.54.